The molecule has 3 rings (SSSR count). The van der Waals surface area contributed by atoms with Crippen LogP contribution in [-0.4, -0.2) is 36.3 Å². The maximum absolute atomic E-state index is 12.9. The average Bonchev–Trinajstić information content (AvgIpc) is 3.15. The van der Waals surface area contributed by atoms with E-state index in [4.69, 9.17) is 4.74 Å². The molecule has 2 heterocycles. The van der Waals surface area contributed by atoms with E-state index in [-0.39, 0.29) is 11.9 Å². The average molecular weight is 461 g/mol. The number of carbonyl (C=O) groups excluding carboxylic acids is 1. The highest BCUT2D eigenvalue weighted by Gasteiger charge is 2.34. The Morgan fingerprint density at radius 1 is 1.16 bits per heavy atom. The number of ether oxygens (including phenoxy) is 1. The van der Waals surface area contributed by atoms with E-state index in [1.807, 2.05) is 0 Å². The molecule has 1 amide bonds. The van der Waals surface area contributed by atoms with Gasteiger partial charge >= 0.3 is 12.4 Å². The Bertz CT molecular complexity index is 930. The van der Waals surface area contributed by atoms with Crippen molar-refractivity contribution in [3.05, 3.63) is 53.7 Å². The number of nitrogens with zero attached hydrogens (tertiary/aromatic N) is 2. The molecule has 1 aliphatic rings. The van der Waals surface area contributed by atoms with Crippen molar-refractivity contribution in [3.8, 4) is 5.75 Å². The predicted octanol–water partition coefficient (Wildman–Crippen LogP) is 4.89. The zero-order valence-electron chi connectivity index (χ0n) is 17.0. The second-order valence-electron chi connectivity index (χ2n) is 7.50. The lowest BCUT2D eigenvalue weighted by Crippen LogP contribution is -2.30. The summed E-state index contributed by atoms with van der Waals surface area (Å²) in [5.74, 6) is -0.379. The fourth-order valence-electron chi connectivity index (χ4n) is 3.38. The SMILES string of the molecule is C[C@H](NC(=O)CC(F)(F)F)c1ccc(O[C@@H]2CCN(c3cccc(C(F)(F)F)n3)C2)cc1. The molecule has 0 spiro atoms. The first-order chi connectivity index (χ1) is 14.9. The zero-order valence-corrected chi connectivity index (χ0v) is 17.0. The first kappa shape index (κ1) is 23.7. The van der Waals surface area contributed by atoms with Crippen LogP contribution in [0.4, 0.5) is 32.2 Å². The van der Waals surface area contributed by atoms with Gasteiger partial charge in [0.2, 0.25) is 5.91 Å². The molecular weight excluding hydrogens is 440 g/mol. The van der Waals surface area contributed by atoms with E-state index in [0.29, 0.717) is 30.8 Å². The third kappa shape index (κ3) is 6.51. The molecule has 1 aliphatic heterocycles. The fourth-order valence-corrected chi connectivity index (χ4v) is 3.38. The highest BCUT2D eigenvalue weighted by molar-refractivity contribution is 5.77. The minimum Gasteiger partial charge on any atom is -0.489 e. The highest BCUT2D eigenvalue weighted by atomic mass is 19.4. The third-order valence-corrected chi connectivity index (χ3v) is 4.92. The number of anilines is 1. The van der Waals surface area contributed by atoms with E-state index in [2.05, 4.69) is 10.3 Å². The number of rotatable bonds is 6. The Morgan fingerprint density at radius 2 is 1.84 bits per heavy atom. The van der Waals surface area contributed by atoms with Crippen molar-refractivity contribution in [1.82, 2.24) is 10.3 Å². The first-order valence-corrected chi connectivity index (χ1v) is 9.82. The van der Waals surface area contributed by atoms with Crippen molar-refractivity contribution >= 4 is 11.7 Å². The van der Waals surface area contributed by atoms with Gasteiger partial charge in [-0.1, -0.05) is 18.2 Å². The molecule has 32 heavy (non-hydrogen) atoms. The third-order valence-electron chi connectivity index (χ3n) is 4.92. The number of alkyl halides is 6. The molecule has 2 aromatic rings. The summed E-state index contributed by atoms with van der Waals surface area (Å²) < 4.78 is 81.3. The standard InChI is InChI=1S/C21H21F6N3O2/c1-13(28-19(31)11-20(22,23)24)14-5-7-15(8-6-14)32-16-9-10-30(12-16)18-4-2-3-17(29-18)21(25,26)27/h2-8,13,16H,9-12H2,1H3,(H,28,31)/t13-,16+/m0/s1. The van der Waals surface area contributed by atoms with E-state index in [9.17, 15) is 31.1 Å². The number of benzene rings is 1. The minimum absolute atomic E-state index is 0.227. The summed E-state index contributed by atoms with van der Waals surface area (Å²) in [6.45, 7) is 2.42. The minimum atomic E-state index is -4.57. The molecule has 174 valence electrons. The van der Waals surface area contributed by atoms with E-state index >= 15 is 0 Å². The maximum Gasteiger partial charge on any atom is 0.433 e. The van der Waals surface area contributed by atoms with Crippen molar-refractivity contribution in [2.24, 2.45) is 0 Å². The Kier molecular flexibility index (Phi) is 6.85. The number of hydrogen-bond donors (Lipinski definition) is 1. The van der Waals surface area contributed by atoms with Crippen LogP contribution in [0.1, 0.15) is 37.1 Å². The molecule has 1 aromatic heterocycles. The number of halogens is 6. The van der Waals surface area contributed by atoms with Crippen molar-refractivity contribution in [2.45, 2.75) is 44.3 Å². The molecule has 0 radical (unpaired) electrons. The van der Waals surface area contributed by atoms with Crippen molar-refractivity contribution in [2.75, 3.05) is 18.0 Å². The van der Waals surface area contributed by atoms with Gasteiger partial charge in [-0.05, 0) is 36.8 Å². The lowest BCUT2D eigenvalue weighted by atomic mass is 10.1. The molecule has 5 nitrogen and oxygen atoms in total. The van der Waals surface area contributed by atoms with Gasteiger partial charge in [0.05, 0.1) is 12.6 Å². The summed E-state index contributed by atoms with van der Waals surface area (Å²) >= 11 is 0. The maximum atomic E-state index is 12.9. The summed E-state index contributed by atoms with van der Waals surface area (Å²) in [7, 11) is 0. The van der Waals surface area contributed by atoms with Gasteiger partial charge in [-0.15, -0.1) is 0 Å². The normalized spacial score (nSPS) is 17.8. The van der Waals surface area contributed by atoms with Crippen LogP contribution in [0.15, 0.2) is 42.5 Å². The van der Waals surface area contributed by atoms with Gasteiger partial charge in [0.1, 0.15) is 29.8 Å². The first-order valence-electron chi connectivity index (χ1n) is 9.82. The Morgan fingerprint density at radius 3 is 2.47 bits per heavy atom. The van der Waals surface area contributed by atoms with Crippen LogP contribution < -0.4 is 15.0 Å². The van der Waals surface area contributed by atoms with Crippen molar-refractivity contribution < 1.29 is 35.9 Å². The monoisotopic (exact) mass is 461 g/mol. The molecule has 1 saturated heterocycles. The molecule has 2 atom stereocenters. The van der Waals surface area contributed by atoms with Gasteiger partial charge < -0.3 is 15.0 Å². The molecule has 0 aliphatic carbocycles. The molecule has 0 bridgehead atoms. The van der Waals surface area contributed by atoms with E-state index < -0.39 is 36.4 Å². The summed E-state index contributed by atoms with van der Waals surface area (Å²) in [6.07, 6.45) is -10.3. The number of nitrogens with one attached hydrogen (secondary N) is 1. The summed E-state index contributed by atoms with van der Waals surface area (Å²) in [5.41, 5.74) is -0.347. The predicted molar refractivity (Wildman–Crippen MR) is 104 cm³/mol. The van der Waals surface area contributed by atoms with Gasteiger partial charge in [0.25, 0.3) is 0 Å². The summed E-state index contributed by atoms with van der Waals surface area (Å²) in [5, 5.41) is 2.29. The molecular formula is C21H21F6N3O2. The van der Waals surface area contributed by atoms with Gasteiger partial charge in [-0.25, -0.2) is 4.98 Å². The Labute approximate surface area is 180 Å². The molecule has 1 fully saturated rings. The van der Waals surface area contributed by atoms with Crippen LogP contribution in [0.2, 0.25) is 0 Å². The van der Waals surface area contributed by atoms with Crippen LogP contribution in [0.5, 0.6) is 5.75 Å². The lowest BCUT2D eigenvalue weighted by molar-refractivity contribution is -0.154. The van der Waals surface area contributed by atoms with Crippen LogP contribution in [-0.2, 0) is 11.0 Å². The second-order valence-corrected chi connectivity index (χ2v) is 7.50. The van der Waals surface area contributed by atoms with Gasteiger partial charge in [0.15, 0.2) is 0 Å². The van der Waals surface area contributed by atoms with Crippen LogP contribution in [0.3, 0.4) is 0 Å². The van der Waals surface area contributed by atoms with Crippen molar-refractivity contribution in [3.63, 3.8) is 0 Å². The van der Waals surface area contributed by atoms with Crippen LogP contribution >= 0.6 is 0 Å². The second kappa shape index (κ2) is 9.25. The molecule has 0 unspecified atom stereocenters. The smallest absolute Gasteiger partial charge is 0.433 e. The molecule has 1 aromatic carbocycles. The number of pyridine rings is 1. The highest BCUT2D eigenvalue weighted by Crippen LogP contribution is 2.30. The zero-order chi connectivity index (χ0) is 23.5. The van der Waals surface area contributed by atoms with Crippen LogP contribution in [0.25, 0.3) is 0 Å². The molecule has 11 heteroatoms. The molecule has 0 saturated carbocycles. The number of carbonyl (C=O) groups is 1. The van der Waals surface area contributed by atoms with E-state index in [1.165, 1.54) is 12.1 Å². The topological polar surface area (TPSA) is 54.5 Å². The Balaban J connectivity index is 1.55. The van der Waals surface area contributed by atoms with E-state index in [1.54, 1.807) is 36.1 Å². The van der Waals surface area contributed by atoms with Gasteiger partial charge in [0, 0.05) is 13.0 Å². The number of amides is 1. The van der Waals surface area contributed by atoms with Crippen LogP contribution in [0, 0.1) is 0 Å². The number of hydrogen-bond acceptors (Lipinski definition) is 4. The van der Waals surface area contributed by atoms with Gasteiger partial charge in [-0.2, -0.15) is 26.3 Å². The lowest BCUT2D eigenvalue weighted by Gasteiger charge is -2.19. The quantitative estimate of drug-likeness (QED) is 0.623. The molecule has 1 N–H and O–H groups in total. The summed E-state index contributed by atoms with van der Waals surface area (Å²) in [6, 6.07) is 9.66. The number of aromatic nitrogens is 1. The summed E-state index contributed by atoms with van der Waals surface area (Å²) in [4.78, 5) is 16.8. The van der Waals surface area contributed by atoms with Crippen molar-refractivity contribution in [1.29, 1.82) is 0 Å². The van der Waals surface area contributed by atoms with Gasteiger partial charge in [-0.3, -0.25) is 4.79 Å². The Hall–Kier alpha value is -2.98. The van der Waals surface area contributed by atoms with E-state index in [0.717, 1.165) is 6.07 Å². The largest absolute Gasteiger partial charge is 0.489 e. The fraction of sp³-hybridized carbons (Fsp3) is 0.429.